The van der Waals surface area contributed by atoms with Gasteiger partial charge in [-0.25, -0.2) is 0 Å². The summed E-state index contributed by atoms with van der Waals surface area (Å²) in [6, 6.07) is 8.87. The molecule has 1 rings (SSSR count). The largest absolute Gasteiger partial charge is 0.274 e. The zero-order chi connectivity index (χ0) is 11.3. The molecule has 0 radical (unpaired) electrons. The SMILES string of the molecule is CC(C)N(F)C(=O)C=Cc1ccccc1. The first-order valence-corrected chi connectivity index (χ1v) is 4.83. The van der Waals surface area contributed by atoms with Gasteiger partial charge in [0.2, 0.25) is 0 Å². The maximum absolute atomic E-state index is 13.1. The van der Waals surface area contributed by atoms with Crippen LogP contribution < -0.4 is 0 Å². The van der Waals surface area contributed by atoms with E-state index < -0.39 is 11.9 Å². The van der Waals surface area contributed by atoms with Gasteiger partial charge in [0.1, 0.15) is 0 Å². The second-order valence-electron chi connectivity index (χ2n) is 3.49. The second-order valence-corrected chi connectivity index (χ2v) is 3.49. The molecule has 15 heavy (non-hydrogen) atoms. The summed E-state index contributed by atoms with van der Waals surface area (Å²) >= 11 is 0. The lowest BCUT2D eigenvalue weighted by molar-refractivity contribution is -0.144. The van der Waals surface area contributed by atoms with Crippen molar-refractivity contribution in [2.75, 3.05) is 0 Å². The summed E-state index contributed by atoms with van der Waals surface area (Å²) in [5, 5.41) is 0.208. The number of amides is 1. The van der Waals surface area contributed by atoms with Crippen molar-refractivity contribution in [2.24, 2.45) is 0 Å². The van der Waals surface area contributed by atoms with Gasteiger partial charge in [-0.05, 0) is 25.5 Å². The smallest absolute Gasteiger partial charge is 0.267 e. The van der Waals surface area contributed by atoms with E-state index in [0.717, 1.165) is 5.56 Å². The van der Waals surface area contributed by atoms with Crippen molar-refractivity contribution in [1.82, 2.24) is 5.12 Å². The minimum Gasteiger partial charge on any atom is -0.267 e. The lowest BCUT2D eigenvalue weighted by Crippen LogP contribution is -2.27. The molecule has 0 fully saturated rings. The normalized spacial score (nSPS) is 10.9. The van der Waals surface area contributed by atoms with Crippen LogP contribution in [0.3, 0.4) is 0 Å². The summed E-state index contributed by atoms with van der Waals surface area (Å²) < 4.78 is 13.1. The van der Waals surface area contributed by atoms with Gasteiger partial charge in [-0.2, -0.15) is 5.12 Å². The Hall–Kier alpha value is -1.64. The molecule has 1 amide bonds. The third-order valence-electron chi connectivity index (χ3n) is 1.88. The molecule has 0 aromatic heterocycles. The van der Waals surface area contributed by atoms with Crippen LogP contribution in [0.15, 0.2) is 36.4 Å². The minimum absolute atomic E-state index is 0.208. The minimum atomic E-state index is -0.631. The molecule has 0 unspecified atom stereocenters. The van der Waals surface area contributed by atoms with E-state index in [1.807, 2.05) is 30.3 Å². The van der Waals surface area contributed by atoms with E-state index >= 15 is 0 Å². The number of halogens is 1. The Bertz CT molecular complexity index is 346. The highest BCUT2D eigenvalue weighted by Crippen LogP contribution is 2.04. The zero-order valence-electron chi connectivity index (χ0n) is 8.85. The van der Waals surface area contributed by atoms with Gasteiger partial charge in [0.15, 0.2) is 0 Å². The molecule has 0 bridgehead atoms. The topological polar surface area (TPSA) is 20.3 Å². The van der Waals surface area contributed by atoms with E-state index in [4.69, 9.17) is 0 Å². The van der Waals surface area contributed by atoms with Crippen LogP contribution in [0.1, 0.15) is 19.4 Å². The van der Waals surface area contributed by atoms with Crippen LogP contribution in [-0.4, -0.2) is 17.1 Å². The van der Waals surface area contributed by atoms with Crippen LogP contribution in [-0.2, 0) is 4.79 Å². The quantitative estimate of drug-likeness (QED) is 0.551. The number of nitrogens with zero attached hydrogens (tertiary/aromatic N) is 1. The molecular weight excluding hydrogens is 193 g/mol. The van der Waals surface area contributed by atoms with E-state index in [0.29, 0.717) is 0 Å². The van der Waals surface area contributed by atoms with Crippen molar-refractivity contribution >= 4 is 12.0 Å². The molecule has 0 N–H and O–H groups in total. The number of carbonyl (C=O) groups is 1. The van der Waals surface area contributed by atoms with Crippen molar-refractivity contribution in [3.8, 4) is 0 Å². The van der Waals surface area contributed by atoms with E-state index in [-0.39, 0.29) is 5.12 Å². The summed E-state index contributed by atoms with van der Waals surface area (Å²) in [7, 11) is 0. The molecule has 0 saturated heterocycles. The van der Waals surface area contributed by atoms with Gasteiger partial charge in [0.05, 0.1) is 6.04 Å². The van der Waals surface area contributed by atoms with Crippen molar-refractivity contribution in [3.63, 3.8) is 0 Å². The van der Waals surface area contributed by atoms with Crippen molar-refractivity contribution in [2.45, 2.75) is 19.9 Å². The van der Waals surface area contributed by atoms with Crippen LogP contribution >= 0.6 is 0 Å². The lowest BCUT2D eigenvalue weighted by atomic mass is 10.2. The summed E-state index contributed by atoms with van der Waals surface area (Å²) in [6.07, 6.45) is 2.83. The van der Waals surface area contributed by atoms with Gasteiger partial charge < -0.3 is 0 Å². The Morgan fingerprint density at radius 2 is 1.93 bits per heavy atom. The fourth-order valence-electron chi connectivity index (χ4n) is 1.06. The summed E-state index contributed by atoms with van der Waals surface area (Å²) in [4.78, 5) is 11.2. The first-order chi connectivity index (χ1) is 7.11. The Balaban J connectivity index is 2.63. The Morgan fingerprint density at radius 3 is 2.47 bits per heavy atom. The Kier molecular flexibility index (Phi) is 4.03. The first-order valence-electron chi connectivity index (χ1n) is 4.83. The highest BCUT2D eigenvalue weighted by Gasteiger charge is 2.12. The van der Waals surface area contributed by atoms with Crippen molar-refractivity contribution in [3.05, 3.63) is 42.0 Å². The number of benzene rings is 1. The van der Waals surface area contributed by atoms with Crippen LogP contribution in [0.4, 0.5) is 4.48 Å². The molecule has 0 heterocycles. The molecule has 80 valence electrons. The van der Waals surface area contributed by atoms with Crippen LogP contribution in [0, 0.1) is 0 Å². The number of carbonyl (C=O) groups excluding carboxylic acids is 1. The van der Waals surface area contributed by atoms with E-state index in [1.54, 1.807) is 19.9 Å². The third-order valence-corrected chi connectivity index (χ3v) is 1.88. The van der Waals surface area contributed by atoms with Crippen LogP contribution in [0.5, 0.6) is 0 Å². The van der Waals surface area contributed by atoms with Gasteiger partial charge in [0, 0.05) is 6.08 Å². The molecule has 0 atom stereocenters. The summed E-state index contributed by atoms with van der Waals surface area (Å²) in [5.74, 6) is -0.631. The van der Waals surface area contributed by atoms with Gasteiger partial charge in [-0.1, -0.05) is 34.8 Å². The fourth-order valence-corrected chi connectivity index (χ4v) is 1.06. The van der Waals surface area contributed by atoms with Crippen LogP contribution in [0.25, 0.3) is 6.08 Å². The van der Waals surface area contributed by atoms with E-state index in [2.05, 4.69) is 0 Å². The molecule has 0 aliphatic heterocycles. The summed E-state index contributed by atoms with van der Waals surface area (Å²) in [5.41, 5.74) is 0.878. The van der Waals surface area contributed by atoms with E-state index in [9.17, 15) is 9.28 Å². The van der Waals surface area contributed by atoms with Crippen LogP contribution in [0.2, 0.25) is 0 Å². The highest BCUT2D eigenvalue weighted by molar-refractivity contribution is 5.91. The molecule has 2 nitrogen and oxygen atoms in total. The van der Waals surface area contributed by atoms with Gasteiger partial charge in [-0.15, -0.1) is 0 Å². The molecule has 0 spiro atoms. The molecule has 3 heteroatoms. The maximum atomic E-state index is 13.1. The molecule has 0 saturated carbocycles. The second kappa shape index (κ2) is 5.29. The predicted octanol–water partition coefficient (Wildman–Crippen LogP) is 2.82. The van der Waals surface area contributed by atoms with E-state index in [1.165, 1.54) is 6.08 Å². The molecule has 0 aliphatic rings. The van der Waals surface area contributed by atoms with Gasteiger partial charge >= 0.3 is 0 Å². The highest BCUT2D eigenvalue weighted by atomic mass is 19.2. The number of hydrogen-bond donors (Lipinski definition) is 0. The van der Waals surface area contributed by atoms with Crippen molar-refractivity contribution < 1.29 is 9.28 Å². The predicted molar refractivity (Wildman–Crippen MR) is 58.6 cm³/mol. The van der Waals surface area contributed by atoms with Gasteiger partial charge in [0.25, 0.3) is 5.91 Å². The average Bonchev–Trinajstić information content (AvgIpc) is 2.26. The first kappa shape index (κ1) is 11.4. The molecular formula is C12H14FNO. The monoisotopic (exact) mass is 207 g/mol. The summed E-state index contributed by atoms with van der Waals surface area (Å²) in [6.45, 7) is 3.24. The Labute approximate surface area is 89.0 Å². The standard InChI is InChI=1S/C12H14FNO/c1-10(2)14(13)12(15)9-8-11-6-4-3-5-7-11/h3-10H,1-2H3. The average molecular weight is 207 g/mol. The number of hydrogen-bond acceptors (Lipinski definition) is 1. The Morgan fingerprint density at radius 1 is 1.33 bits per heavy atom. The molecule has 1 aromatic rings. The van der Waals surface area contributed by atoms with Crippen molar-refractivity contribution in [1.29, 1.82) is 0 Å². The third kappa shape index (κ3) is 3.54. The zero-order valence-corrected chi connectivity index (χ0v) is 8.85. The molecule has 0 aliphatic carbocycles. The number of rotatable bonds is 3. The lowest BCUT2D eigenvalue weighted by Gasteiger charge is -2.12. The van der Waals surface area contributed by atoms with Gasteiger partial charge in [-0.3, -0.25) is 4.79 Å². The molecule has 1 aromatic carbocycles. The maximum Gasteiger partial charge on any atom is 0.274 e. The fraction of sp³-hybridized carbons (Fsp3) is 0.250.